The van der Waals surface area contributed by atoms with Gasteiger partial charge in [-0.1, -0.05) is 0 Å². The Labute approximate surface area is 200 Å². The highest BCUT2D eigenvalue weighted by Crippen LogP contribution is 2.37. The van der Waals surface area contributed by atoms with Crippen molar-refractivity contribution in [3.63, 3.8) is 0 Å². The average molecular weight is 489 g/mol. The van der Waals surface area contributed by atoms with Crippen molar-refractivity contribution in [3.05, 3.63) is 47.7 Å². The van der Waals surface area contributed by atoms with E-state index in [1.807, 2.05) is 17.9 Å². The number of carbonyl (C=O) groups excluding carboxylic acids is 3. The number of pyridine rings is 1. The molecular formula is C24H26F3N5O3. The van der Waals surface area contributed by atoms with Gasteiger partial charge < -0.3 is 10.6 Å². The number of fused-ring (bicyclic) bond motifs is 1. The fourth-order valence-electron chi connectivity index (χ4n) is 4.43. The van der Waals surface area contributed by atoms with Gasteiger partial charge in [0.1, 0.15) is 12.4 Å². The van der Waals surface area contributed by atoms with E-state index in [0.717, 1.165) is 17.7 Å². The molecule has 4 rings (SSSR count). The van der Waals surface area contributed by atoms with Crippen LogP contribution >= 0.6 is 0 Å². The number of anilines is 3. The van der Waals surface area contributed by atoms with Crippen molar-refractivity contribution in [1.29, 1.82) is 0 Å². The Morgan fingerprint density at radius 3 is 2.54 bits per heavy atom. The maximum Gasteiger partial charge on any atom is 0.416 e. The first-order chi connectivity index (χ1) is 16.5. The van der Waals surface area contributed by atoms with Crippen LogP contribution in [0, 0.1) is 12.8 Å². The monoisotopic (exact) mass is 489 g/mol. The third-order valence-electron chi connectivity index (χ3n) is 6.43. The number of amides is 3. The zero-order valence-corrected chi connectivity index (χ0v) is 19.4. The molecule has 0 bridgehead atoms. The van der Waals surface area contributed by atoms with Gasteiger partial charge in [-0.15, -0.1) is 0 Å². The number of nitrogens with one attached hydrogen (secondary N) is 2. The number of alkyl halides is 3. The van der Waals surface area contributed by atoms with Crippen molar-refractivity contribution in [2.24, 2.45) is 5.92 Å². The lowest BCUT2D eigenvalue weighted by Crippen LogP contribution is -2.53. The van der Waals surface area contributed by atoms with Gasteiger partial charge in [-0.05, 0) is 75.7 Å². The molecule has 0 aliphatic carbocycles. The minimum Gasteiger partial charge on any atom is -0.323 e. The highest BCUT2D eigenvalue weighted by atomic mass is 19.4. The zero-order valence-electron chi connectivity index (χ0n) is 19.4. The summed E-state index contributed by atoms with van der Waals surface area (Å²) in [4.78, 5) is 45.3. The normalized spacial score (nSPS) is 18.0. The number of nitrogens with zero attached hydrogens (tertiary/aromatic N) is 3. The number of aryl methyl sites for hydroxylation is 1. The predicted octanol–water partition coefficient (Wildman–Crippen LogP) is 3.43. The maximum absolute atomic E-state index is 13.3. The first-order valence-electron chi connectivity index (χ1n) is 11.3. The molecule has 1 aromatic heterocycles. The fourth-order valence-corrected chi connectivity index (χ4v) is 4.43. The van der Waals surface area contributed by atoms with Crippen molar-refractivity contribution in [2.45, 2.75) is 38.9 Å². The van der Waals surface area contributed by atoms with E-state index in [1.165, 1.54) is 11.0 Å². The molecule has 2 N–H and O–H groups in total. The Balaban J connectivity index is 1.40. The number of carbonyl (C=O) groups is 3. The smallest absolute Gasteiger partial charge is 0.323 e. The molecular weight excluding hydrogens is 463 g/mol. The highest BCUT2D eigenvalue weighted by Gasteiger charge is 2.37. The second-order valence-electron chi connectivity index (χ2n) is 8.90. The summed E-state index contributed by atoms with van der Waals surface area (Å²) < 4.78 is 39.2. The van der Waals surface area contributed by atoms with Gasteiger partial charge in [0.15, 0.2) is 0 Å². The molecule has 0 saturated carbocycles. The van der Waals surface area contributed by atoms with Crippen LogP contribution in [0.5, 0.6) is 0 Å². The van der Waals surface area contributed by atoms with E-state index < -0.39 is 23.7 Å². The lowest BCUT2D eigenvalue weighted by atomic mass is 9.94. The number of hydrogen-bond donors (Lipinski definition) is 2. The minimum absolute atomic E-state index is 0.0447. The molecule has 8 nitrogen and oxygen atoms in total. The second-order valence-corrected chi connectivity index (χ2v) is 8.90. The molecule has 2 aliphatic heterocycles. The van der Waals surface area contributed by atoms with E-state index in [1.54, 1.807) is 19.2 Å². The molecule has 3 heterocycles. The quantitative estimate of drug-likeness (QED) is 0.686. The number of benzene rings is 1. The standard InChI is InChI=1S/C24H26F3N5O3/c1-14-5-8-28-20(11-14)30-22(34)16-6-9-31(10-7-16)15(2)23(35)32-13-21(33)29-18-12-17(24(25,26)27)3-4-19(18)32/h3-5,8,11-12,15-16H,6-7,9-10,13H2,1-2H3,(H,29,33)(H,28,30,34). The average Bonchev–Trinajstić information content (AvgIpc) is 2.81. The van der Waals surface area contributed by atoms with Gasteiger partial charge in [0, 0.05) is 12.1 Å². The third-order valence-corrected chi connectivity index (χ3v) is 6.43. The van der Waals surface area contributed by atoms with Crippen molar-refractivity contribution >= 4 is 34.9 Å². The zero-order chi connectivity index (χ0) is 25.3. The molecule has 35 heavy (non-hydrogen) atoms. The summed E-state index contributed by atoms with van der Waals surface area (Å²) in [5.41, 5.74) is 0.270. The lowest BCUT2D eigenvalue weighted by Gasteiger charge is -2.38. The topological polar surface area (TPSA) is 94.6 Å². The van der Waals surface area contributed by atoms with Crippen LogP contribution in [-0.4, -0.2) is 53.3 Å². The molecule has 1 aromatic carbocycles. The van der Waals surface area contributed by atoms with Crippen LogP contribution < -0.4 is 15.5 Å². The molecule has 2 aromatic rings. The second kappa shape index (κ2) is 9.65. The SMILES string of the molecule is Cc1ccnc(NC(=O)C2CCN(C(C)C(=O)N3CC(=O)Nc4cc(C(F)(F)F)ccc43)CC2)c1. The van der Waals surface area contributed by atoms with Crippen molar-refractivity contribution in [3.8, 4) is 0 Å². The summed E-state index contributed by atoms with van der Waals surface area (Å²) >= 11 is 0. The molecule has 1 fully saturated rings. The first kappa shape index (κ1) is 24.6. The van der Waals surface area contributed by atoms with Gasteiger partial charge in [-0.2, -0.15) is 13.2 Å². The Morgan fingerprint density at radius 2 is 1.89 bits per heavy atom. The van der Waals surface area contributed by atoms with E-state index in [9.17, 15) is 27.6 Å². The van der Waals surface area contributed by atoms with Gasteiger partial charge in [-0.25, -0.2) is 4.98 Å². The molecule has 1 unspecified atom stereocenters. The van der Waals surface area contributed by atoms with Crippen molar-refractivity contribution < 1.29 is 27.6 Å². The molecule has 2 aliphatic rings. The van der Waals surface area contributed by atoms with E-state index in [-0.39, 0.29) is 35.7 Å². The molecule has 1 saturated heterocycles. The van der Waals surface area contributed by atoms with E-state index in [4.69, 9.17) is 0 Å². The summed E-state index contributed by atoms with van der Waals surface area (Å²) in [5, 5.41) is 5.26. The summed E-state index contributed by atoms with van der Waals surface area (Å²) in [6.45, 7) is 4.33. The van der Waals surface area contributed by atoms with Crippen LogP contribution in [0.15, 0.2) is 36.5 Å². The van der Waals surface area contributed by atoms with Crippen LogP contribution in [0.25, 0.3) is 0 Å². The van der Waals surface area contributed by atoms with Gasteiger partial charge in [-0.3, -0.25) is 24.2 Å². The molecule has 186 valence electrons. The number of piperidine rings is 1. The van der Waals surface area contributed by atoms with Gasteiger partial charge in [0.05, 0.1) is 23.0 Å². The van der Waals surface area contributed by atoms with Gasteiger partial charge >= 0.3 is 6.18 Å². The summed E-state index contributed by atoms with van der Waals surface area (Å²) in [6.07, 6.45) is -1.85. The number of hydrogen-bond acceptors (Lipinski definition) is 5. The molecule has 1 atom stereocenters. The largest absolute Gasteiger partial charge is 0.416 e. The Hall–Kier alpha value is -3.47. The number of halogens is 3. The Bertz CT molecular complexity index is 1150. The maximum atomic E-state index is 13.3. The summed E-state index contributed by atoms with van der Waals surface area (Å²) in [5.74, 6) is -0.788. The van der Waals surface area contributed by atoms with E-state index in [2.05, 4.69) is 15.6 Å². The van der Waals surface area contributed by atoms with Crippen LogP contribution in [0.2, 0.25) is 0 Å². The van der Waals surface area contributed by atoms with E-state index >= 15 is 0 Å². The van der Waals surface area contributed by atoms with Crippen LogP contribution in [-0.2, 0) is 20.6 Å². The fraction of sp³-hybridized carbons (Fsp3) is 0.417. The van der Waals surface area contributed by atoms with Crippen molar-refractivity contribution in [2.75, 3.05) is 35.2 Å². The highest BCUT2D eigenvalue weighted by molar-refractivity contribution is 6.11. The minimum atomic E-state index is -4.56. The molecule has 11 heteroatoms. The number of likely N-dealkylation sites (tertiary alicyclic amines) is 1. The predicted molar refractivity (Wildman–Crippen MR) is 124 cm³/mol. The first-order valence-corrected chi connectivity index (χ1v) is 11.3. The van der Waals surface area contributed by atoms with E-state index in [0.29, 0.717) is 31.7 Å². The van der Waals surface area contributed by atoms with Crippen LogP contribution in [0.3, 0.4) is 0 Å². The number of aromatic nitrogens is 1. The molecule has 3 amide bonds. The molecule has 0 spiro atoms. The van der Waals surface area contributed by atoms with Crippen molar-refractivity contribution in [1.82, 2.24) is 9.88 Å². The van der Waals surface area contributed by atoms with Crippen LogP contribution in [0.4, 0.5) is 30.4 Å². The van der Waals surface area contributed by atoms with Crippen LogP contribution in [0.1, 0.15) is 30.9 Å². The lowest BCUT2D eigenvalue weighted by molar-refractivity contribution is -0.137. The Kier molecular flexibility index (Phi) is 6.79. The molecule has 0 radical (unpaired) electrons. The number of rotatable bonds is 4. The third kappa shape index (κ3) is 5.45. The summed E-state index contributed by atoms with van der Waals surface area (Å²) in [7, 11) is 0. The van der Waals surface area contributed by atoms with Gasteiger partial charge in [0.2, 0.25) is 17.7 Å². The summed E-state index contributed by atoms with van der Waals surface area (Å²) in [6, 6.07) is 5.96. The van der Waals surface area contributed by atoms with Gasteiger partial charge in [0.25, 0.3) is 0 Å². The Morgan fingerprint density at radius 1 is 1.17 bits per heavy atom.